The molecule has 0 radical (unpaired) electrons. The summed E-state index contributed by atoms with van der Waals surface area (Å²) in [5.41, 5.74) is 3.60. The number of anilines is 1. The first-order valence-electron chi connectivity index (χ1n) is 8.09. The second kappa shape index (κ2) is 6.11. The standard InChI is InChI=1S/C19H15N3O4/c1-11-3-2-4-17-20-15(9-22(11)17)19(25)26-10-16(23)12-5-6-14-13(7-12)8-18(24)21-14/h2-7,9H,8,10H2,1H3,(H,21,24). The lowest BCUT2D eigenvalue weighted by Crippen LogP contribution is -2.14. The largest absolute Gasteiger partial charge is 0.453 e. The van der Waals surface area contributed by atoms with Crippen LogP contribution in [0.2, 0.25) is 0 Å². The van der Waals surface area contributed by atoms with Gasteiger partial charge < -0.3 is 14.5 Å². The average Bonchev–Trinajstić information content (AvgIpc) is 3.22. The number of aromatic nitrogens is 2. The number of esters is 1. The van der Waals surface area contributed by atoms with Crippen LogP contribution >= 0.6 is 0 Å². The normalized spacial score (nSPS) is 12.7. The molecule has 1 aliphatic heterocycles. The number of carbonyl (C=O) groups excluding carboxylic acids is 3. The Kier molecular flexibility index (Phi) is 3.76. The summed E-state index contributed by atoms with van der Waals surface area (Å²) in [5.74, 6) is -1.09. The molecule has 0 bridgehead atoms. The minimum atomic E-state index is -0.653. The lowest BCUT2D eigenvalue weighted by atomic mass is 10.1. The molecule has 0 atom stereocenters. The van der Waals surface area contributed by atoms with E-state index in [1.807, 2.05) is 19.1 Å². The van der Waals surface area contributed by atoms with Crippen LogP contribution in [0.15, 0.2) is 42.6 Å². The average molecular weight is 349 g/mol. The Hall–Kier alpha value is -3.48. The van der Waals surface area contributed by atoms with Crippen LogP contribution in [0.4, 0.5) is 5.69 Å². The molecule has 7 heteroatoms. The van der Waals surface area contributed by atoms with Gasteiger partial charge in [0.05, 0.1) is 6.42 Å². The Labute approximate surface area is 148 Å². The molecule has 0 aliphatic carbocycles. The fourth-order valence-electron chi connectivity index (χ4n) is 2.94. The van der Waals surface area contributed by atoms with Gasteiger partial charge in [0.2, 0.25) is 5.91 Å². The molecule has 1 aliphatic rings. The molecule has 1 aromatic carbocycles. The van der Waals surface area contributed by atoms with Crippen LogP contribution in [-0.2, 0) is 16.0 Å². The van der Waals surface area contributed by atoms with Crippen molar-refractivity contribution in [1.82, 2.24) is 9.38 Å². The van der Waals surface area contributed by atoms with Gasteiger partial charge in [-0.25, -0.2) is 9.78 Å². The van der Waals surface area contributed by atoms with Crippen LogP contribution in [0.25, 0.3) is 5.65 Å². The number of ether oxygens (including phenoxy) is 1. The third-order valence-corrected chi connectivity index (χ3v) is 4.29. The van der Waals surface area contributed by atoms with Gasteiger partial charge >= 0.3 is 5.97 Å². The summed E-state index contributed by atoms with van der Waals surface area (Å²) < 4.78 is 6.89. The number of ketones is 1. The number of carbonyl (C=O) groups is 3. The highest BCUT2D eigenvalue weighted by Gasteiger charge is 2.20. The number of nitrogens with zero attached hydrogens (tertiary/aromatic N) is 2. The molecule has 0 saturated carbocycles. The highest BCUT2D eigenvalue weighted by atomic mass is 16.5. The maximum absolute atomic E-state index is 12.3. The number of rotatable bonds is 4. The highest BCUT2D eigenvalue weighted by Crippen LogP contribution is 2.24. The van der Waals surface area contributed by atoms with E-state index >= 15 is 0 Å². The zero-order chi connectivity index (χ0) is 18.3. The van der Waals surface area contributed by atoms with Crippen LogP contribution in [0.1, 0.15) is 32.1 Å². The van der Waals surface area contributed by atoms with E-state index in [4.69, 9.17) is 4.74 Å². The number of pyridine rings is 1. The zero-order valence-corrected chi connectivity index (χ0v) is 14.0. The summed E-state index contributed by atoms with van der Waals surface area (Å²) in [6.45, 7) is 1.52. The van der Waals surface area contributed by atoms with Crippen molar-refractivity contribution in [3.05, 3.63) is 65.1 Å². The molecular weight excluding hydrogens is 334 g/mol. The van der Waals surface area contributed by atoms with Crippen molar-refractivity contribution >= 4 is 29.0 Å². The molecule has 7 nitrogen and oxygen atoms in total. The van der Waals surface area contributed by atoms with Crippen LogP contribution in [-0.4, -0.2) is 33.7 Å². The first-order valence-corrected chi connectivity index (χ1v) is 8.09. The van der Waals surface area contributed by atoms with Gasteiger partial charge in [-0.05, 0) is 42.8 Å². The van der Waals surface area contributed by atoms with E-state index in [-0.39, 0.29) is 30.4 Å². The van der Waals surface area contributed by atoms with Gasteiger partial charge in [0.15, 0.2) is 18.1 Å². The van der Waals surface area contributed by atoms with Gasteiger partial charge in [-0.15, -0.1) is 0 Å². The van der Waals surface area contributed by atoms with Crippen molar-refractivity contribution in [2.75, 3.05) is 11.9 Å². The molecule has 0 fully saturated rings. The van der Waals surface area contributed by atoms with Gasteiger partial charge in [-0.1, -0.05) is 6.07 Å². The number of imidazole rings is 1. The summed E-state index contributed by atoms with van der Waals surface area (Å²) in [6.07, 6.45) is 1.83. The van der Waals surface area contributed by atoms with Crippen molar-refractivity contribution in [1.29, 1.82) is 0 Å². The van der Waals surface area contributed by atoms with Gasteiger partial charge in [-0.3, -0.25) is 9.59 Å². The third-order valence-electron chi connectivity index (χ3n) is 4.29. The number of hydrogen-bond acceptors (Lipinski definition) is 5. The van der Waals surface area contributed by atoms with Crippen molar-refractivity contribution in [2.45, 2.75) is 13.3 Å². The molecule has 1 amide bonds. The van der Waals surface area contributed by atoms with Crippen LogP contribution < -0.4 is 5.32 Å². The second-order valence-electron chi connectivity index (χ2n) is 6.12. The lowest BCUT2D eigenvalue weighted by molar-refractivity contribution is -0.115. The van der Waals surface area contributed by atoms with Gasteiger partial charge in [0, 0.05) is 23.1 Å². The third kappa shape index (κ3) is 2.83. The quantitative estimate of drug-likeness (QED) is 0.576. The minimum absolute atomic E-state index is 0.0989. The molecule has 3 heterocycles. The monoisotopic (exact) mass is 349 g/mol. The summed E-state index contributed by atoms with van der Waals surface area (Å²) in [6, 6.07) is 10.5. The topological polar surface area (TPSA) is 89.8 Å². The number of benzene rings is 1. The van der Waals surface area contributed by atoms with Crippen molar-refractivity contribution < 1.29 is 19.1 Å². The number of aryl methyl sites for hydroxylation is 1. The van der Waals surface area contributed by atoms with E-state index in [0.717, 1.165) is 11.3 Å². The molecule has 0 spiro atoms. The molecule has 26 heavy (non-hydrogen) atoms. The van der Waals surface area contributed by atoms with Crippen molar-refractivity contribution in [3.63, 3.8) is 0 Å². The number of Topliss-reactive ketones (excluding diaryl/α,β-unsaturated/α-hetero) is 1. The van der Waals surface area contributed by atoms with Gasteiger partial charge in [0.1, 0.15) is 5.65 Å². The minimum Gasteiger partial charge on any atom is -0.453 e. The second-order valence-corrected chi connectivity index (χ2v) is 6.12. The Balaban J connectivity index is 1.45. The Bertz CT molecular complexity index is 1070. The van der Waals surface area contributed by atoms with E-state index in [1.54, 1.807) is 34.9 Å². The maximum Gasteiger partial charge on any atom is 0.359 e. The first kappa shape index (κ1) is 16.0. The molecule has 1 N–H and O–H groups in total. The van der Waals surface area contributed by atoms with Crippen molar-refractivity contribution in [3.8, 4) is 0 Å². The number of nitrogens with one attached hydrogen (secondary N) is 1. The van der Waals surface area contributed by atoms with Crippen LogP contribution in [0.5, 0.6) is 0 Å². The first-order chi connectivity index (χ1) is 12.5. The Morgan fingerprint density at radius 2 is 2.12 bits per heavy atom. The van der Waals surface area contributed by atoms with Crippen LogP contribution in [0, 0.1) is 6.92 Å². The summed E-state index contributed by atoms with van der Waals surface area (Å²) in [4.78, 5) is 40.1. The Morgan fingerprint density at radius 1 is 1.27 bits per heavy atom. The van der Waals surface area contributed by atoms with E-state index in [9.17, 15) is 14.4 Å². The van der Waals surface area contributed by atoms with E-state index in [2.05, 4.69) is 10.3 Å². The Morgan fingerprint density at radius 3 is 2.92 bits per heavy atom. The lowest BCUT2D eigenvalue weighted by Gasteiger charge is -2.04. The maximum atomic E-state index is 12.3. The molecule has 0 unspecified atom stereocenters. The van der Waals surface area contributed by atoms with Crippen LogP contribution in [0.3, 0.4) is 0 Å². The van der Waals surface area contributed by atoms with Crippen molar-refractivity contribution in [2.24, 2.45) is 0 Å². The molecule has 3 aromatic rings. The van der Waals surface area contributed by atoms with Gasteiger partial charge in [0.25, 0.3) is 0 Å². The van der Waals surface area contributed by atoms with Gasteiger partial charge in [-0.2, -0.15) is 0 Å². The SMILES string of the molecule is Cc1cccc2nc(C(=O)OCC(=O)c3ccc4c(c3)CC(=O)N4)cn12. The summed E-state index contributed by atoms with van der Waals surface area (Å²) in [5, 5.41) is 2.71. The molecular formula is C19H15N3O4. The fourth-order valence-corrected chi connectivity index (χ4v) is 2.94. The summed E-state index contributed by atoms with van der Waals surface area (Å²) >= 11 is 0. The highest BCUT2D eigenvalue weighted by molar-refractivity contribution is 6.03. The zero-order valence-electron chi connectivity index (χ0n) is 14.0. The molecule has 130 valence electrons. The predicted octanol–water partition coefficient (Wildman–Crippen LogP) is 2.18. The number of amides is 1. The summed E-state index contributed by atoms with van der Waals surface area (Å²) in [7, 11) is 0. The molecule has 2 aromatic heterocycles. The van der Waals surface area contributed by atoms with E-state index < -0.39 is 5.97 Å². The molecule has 0 saturated heterocycles. The number of fused-ring (bicyclic) bond motifs is 2. The smallest absolute Gasteiger partial charge is 0.359 e. The van der Waals surface area contributed by atoms with E-state index in [1.165, 1.54) is 0 Å². The number of hydrogen-bond donors (Lipinski definition) is 1. The fraction of sp³-hybridized carbons (Fsp3) is 0.158. The van der Waals surface area contributed by atoms with E-state index in [0.29, 0.717) is 16.9 Å². The predicted molar refractivity (Wildman–Crippen MR) is 93.3 cm³/mol. The molecule has 4 rings (SSSR count).